The fourth-order valence-corrected chi connectivity index (χ4v) is 1.95. The molecule has 0 saturated heterocycles. The van der Waals surface area contributed by atoms with Gasteiger partial charge in [0, 0.05) is 19.5 Å². The molecular formula is C13H26N4. The lowest BCUT2D eigenvalue weighted by molar-refractivity contribution is 0.280. The van der Waals surface area contributed by atoms with Gasteiger partial charge < -0.3 is 5.32 Å². The topological polar surface area (TPSA) is 42.7 Å². The van der Waals surface area contributed by atoms with Crippen LogP contribution >= 0.6 is 0 Å². The van der Waals surface area contributed by atoms with E-state index in [4.69, 9.17) is 0 Å². The highest BCUT2D eigenvalue weighted by Gasteiger charge is 2.24. The number of nitrogens with one attached hydrogen (secondary N) is 1. The number of hydrogen-bond acceptors (Lipinski definition) is 3. The molecule has 4 nitrogen and oxygen atoms in total. The van der Waals surface area contributed by atoms with Crippen LogP contribution in [0.15, 0.2) is 6.33 Å². The third-order valence-corrected chi connectivity index (χ3v) is 3.41. The van der Waals surface area contributed by atoms with Crippen molar-refractivity contribution in [2.45, 2.75) is 53.5 Å². The van der Waals surface area contributed by atoms with E-state index in [1.165, 1.54) is 6.42 Å². The van der Waals surface area contributed by atoms with Crippen molar-refractivity contribution >= 4 is 0 Å². The Morgan fingerprint density at radius 2 is 2.12 bits per heavy atom. The van der Waals surface area contributed by atoms with Gasteiger partial charge in [0.1, 0.15) is 12.2 Å². The zero-order chi connectivity index (χ0) is 12.7. The van der Waals surface area contributed by atoms with Crippen LogP contribution in [0.1, 0.15) is 46.4 Å². The Labute approximate surface area is 105 Å². The zero-order valence-electron chi connectivity index (χ0n) is 11.7. The molecule has 0 aromatic carbocycles. The Morgan fingerprint density at radius 3 is 2.71 bits per heavy atom. The van der Waals surface area contributed by atoms with E-state index in [0.29, 0.717) is 0 Å². The van der Waals surface area contributed by atoms with Crippen molar-refractivity contribution in [2.75, 3.05) is 13.1 Å². The van der Waals surface area contributed by atoms with Crippen molar-refractivity contribution in [3.63, 3.8) is 0 Å². The van der Waals surface area contributed by atoms with Gasteiger partial charge in [-0.25, -0.2) is 4.98 Å². The highest BCUT2D eigenvalue weighted by Crippen LogP contribution is 2.24. The van der Waals surface area contributed by atoms with Crippen molar-refractivity contribution in [2.24, 2.45) is 5.41 Å². The fraction of sp³-hybridized carbons (Fsp3) is 0.846. The smallest absolute Gasteiger partial charge is 0.138 e. The van der Waals surface area contributed by atoms with E-state index in [-0.39, 0.29) is 5.41 Å². The summed E-state index contributed by atoms with van der Waals surface area (Å²) < 4.78 is 1.99. The largest absolute Gasteiger partial charge is 0.316 e. The highest BCUT2D eigenvalue weighted by atomic mass is 15.3. The van der Waals surface area contributed by atoms with Gasteiger partial charge in [-0.15, -0.1) is 0 Å². The van der Waals surface area contributed by atoms with Crippen LogP contribution in [0.4, 0.5) is 0 Å². The summed E-state index contributed by atoms with van der Waals surface area (Å²) in [7, 11) is 0. The van der Waals surface area contributed by atoms with E-state index in [2.05, 4.69) is 43.1 Å². The maximum atomic E-state index is 4.37. The monoisotopic (exact) mass is 238 g/mol. The minimum absolute atomic E-state index is 0.273. The van der Waals surface area contributed by atoms with E-state index in [9.17, 15) is 0 Å². The van der Waals surface area contributed by atoms with Crippen LogP contribution < -0.4 is 5.32 Å². The second kappa shape index (κ2) is 6.74. The molecule has 0 aliphatic heterocycles. The van der Waals surface area contributed by atoms with Crippen LogP contribution in [0, 0.1) is 5.41 Å². The van der Waals surface area contributed by atoms with Gasteiger partial charge in [-0.3, -0.25) is 4.68 Å². The first-order valence-electron chi connectivity index (χ1n) is 6.72. The predicted octanol–water partition coefficient (Wildman–Crippen LogP) is 2.26. The second-order valence-electron chi connectivity index (χ2n) is 5.01. The number of hydrogen-bond donors (Lipinski definition) is 1. The number of rotatable bonds is 8. The minimum atomic E-state index is 0.273. The lowest BCUT2D eigenvalue weighted by atomic mass is 9.83. The van der Waals surface area contributed by atoms with Gasteiger partial charge in [0.2, 0.25) is 0 Å². The average Bonchev–Trinajstić information content (AvgIpc) is 2.76. The highest BCUT2D eigenvalue weighted by molar-refractivity contribution is 4.92. The van der Waals surface area contributed by atoms with Gasteiger partial charge in [0.05, 0.1) is 0 Å². The molecule has 0 aliphatic carbocycles. The van der Waals surface area contributed by atoms with Crippen LogP contribution in [-0.2, 0) is 13.0 Å². The molecular weight excluding hydrogens is 212 g/mol. The summed E-state index contributed by atoms with van der Waals surface area (Å²) in [5.41, 5.74) is 0.273. The zero-order valence-corrected chi connectivity index (χ0v) is 11.7. The van der Waals surface area contributed by atoms with Crippen molar-refractivity contribution in [1.82, 2.24) is 20.1 Å². The molecule has 1 aromatic rings. The summed E-state index contributed by atoms with van der Waals surface area (Å²) >= 11 is 0. The molecule has 0 spiro atoms. The van der Waals surface area contributed by atoms with Gasteiger partial charge >= 0.3 is 0 Å². The van der Waals surface area contributed by atoms with Crippen LogP contribution in [-0.4, -0.2) is 27.9 Å². The molecule has 1 atom stereocenters. The summed E-state index contributed by atoms with van der Waals surface area (Å²) in [6, 6.07) is 0. The maximum absolute atomic E-state index is 4.37. The van der Waals surface area contributed by atoms with E-state index in [0.717, 1.165) is 38.3 Å². The van der Waals surface area contributed by atoms with Crippen LogP contribution in [0.2, 0.25) is 0 Å². The standard InChI is InChI=1S/C13H26N4/c1-5-8-14-10-13(4,6-2)9-12-15-11-16-17(12)7-3/h11,14H,5-10H2,1-4H3. The molecule has 1 rings (SSSR count). The number of aromatic nitrogens is 3. The molecule has 0 saturated carbocycles. The molecule has 0 amide bonds. The first-order valence-corrected chi connectivity index (χ1v) is 6.72. The Kier molecular flexibility index (Phi) is 5.62. The van der Waals surface area contributed by atoms with E-state index in [1.54, 1.807) is 6.33 Å². The molecule has 1 N–H and O–H groups in total. The van der Waals surface area contributed by atoms with E-state index >= 15 is 0 Å². The molecule has 17 heavy (non-hydrogen) atoms. The molecule has 0 aliphatic rings. The van der Waals surface area contributed by atoms with Gasteiger partial charge in [0.15, 0.2) is 0 Å². The van der Waals surface area contributed by atoms with Crippen LogP contribution in [0.3, 0.4) is 0 Å². The molecule has 4 heteroatoms. The van der Waals surface area contributed by atoms with Crippen LogP contribution in [0.25, 0.3) is 0 Å². The van der Waals surface area contributed by atoms with Crippen LogP contribution in [0.5, 0.6) is 0 Å². The normalized spacial score (nSPS) is 14.8. The maximum Gasteiger partial charge on any atom is 0.138 e. The molecule has 1 aromatic heterocycles. The number of aryl methyl sites for hydroxylation is 1. The molecule has 0 fully saturated rings. The predicted molar refractivity (Wildman–Crippen MR) is 71.0 cm³/mol. The third-order valence-electron chi connectivity index (χ3n) is 3.41. The molecule has 1 unspecified atom stereocenters. The minimum Gasteiger partial charge on any atom is -0.316 e. The Balaban J connectivity index is 2.61. The van der Waals surface area contributed by atoms with Crippen molar-refractivity contribution in [3.8, 4) is 0 Å². The summed E-state index contributed by atoms with van der Waals surface area (Å²) in [6.45, 7) is 11.9. The Hall–Kier alpha value is -0.900. The molecule has 0 bridgehead atoms. The van der Waals surface area contributed by atoms with Crippen molar-refractivity contribution in [3.05, 3.63) is 12.2 Å². The Bertz CT molecular complexity index is 321. The van der Waals surface area contributed by atoms with Crippen molar-refractivity contribution in [1.29, 1.82) is 0 Å². The summed E-state index contributed by atoms with van der Waals surface area (Å²) in [4.78, 5) is 4.37. The summed E-state index contributed by atoms with van der Waals surface area (Å²) in [6.07, 6.45) is 4.99. The summed E-state index contributed by atoms with van der Waals surface area (Å²) in [5, 5.41) is 7.75. The second-order valence-corrected chi connectivity index (χ2v) is 5.01. The number of nitrogens with zero attached hydrogens (tertiary/aromatic N) is 3. The summed E-state index contributed by atoms with van der Waals surface area (Å²) in [5.74, 6) is 1.11. The average molecular weight is 238 g/mol. The molecule has 0 radical (unpaired) electrons. The van der Waals surface area contributed by atoms with Gasteiger partial charge in [-0.1, -0.05) is 20.8 Å². The lowest BCUT2D eigenvalue weighted by Crippen LogP contribution is -2.34. The van der Waals surface area contributed by atoms with Gasteiger partial charge in [0.25, 0.3) is 0 Å². The lowest BCUT2D eigenvalue weighted by Gasteiger charge is -2.28. The first-order chi connectivity index (χ1) is 8.15. The fourth-order valence-electron chi connectivity index (χ4n) is 1.95. The quantitative estimate of drug-likeness (QED) is 0.706. The van der Waals surface area contributed by atoms with Gasteiger partial charge in [-0.2, -0.15) is 5.10 Å². The van der Waals surface area contributed by atoms with Crippen molar-refractivity contribution < 1.29 is 0 Å². The SMILES string of the molecule is CCCNCC(C)(CC)Cc1ncnn1CC. The molecule has 1 heterocycles. The first kappa shape index (κ1) is 14.2. The Morgan fingerprint density at radius 1 is 1.35 bits per heavy atom. The van der Waals surface area contributed by atoms with Gasteiger partial charge in [-0.05, 0) is 31.7 Å². The third kappa shape index (κ3) is 4.11. The van der Waals surface area contributed by atoms with E-state index < -0.39 is 0 Å². The van der Waals surface area contributed by atoms with E-state index in [1.807, 2.05) is 4.68 Å². The molecule has 98 valence electrons.